The van der Waals surface area contributed by atoms with Gasteiger partial charge in [0.15, 0.2) is 5.17 Å². The van der Waals surface area contributed by atoms with E-state index in [2.05, 4.69) is 26.2 Å². The highest BCUT2D eigenvalue weighted by atomic mass is 79.9. The first-order valence-electron chi connectivity index (χ1n) is 9.71. The van der Waals surface area contributed by atoms with Crippen molar-refractivity contribution in [2.24, 2.45) is 4.99 Å². The molecule has 0 spiro atoms. The molecule has 0 bridgehead atoms. The highest BCUT2D eigenvalue weighted by Gasteiger charge is 2.24. The quantitative estimate of drug-likeness (QED) is 0.309. The minimum atomic E-state index is -0.228. The van der Waals surface area contributed by atoms with Gasteiger partial charge in [0.2, 0.25) is 0 Å². The molecule has 0 saturated carbocycles. The number of amidine groups is 1. The smallest absolute Gasteiger partial charge is 0.264 e. The Morgan fingerprint density at radius 1 is 1.06 bits per heavy atom. The number of benzene rings is 3. The van der Waals surface area contributed by atoms with Gasteiger partial charge in [0.25, 0.3) is 5.91 Å². The summed E-state index contributed by atoms with van der Waals surface area (Å²) < 4.78 is 6.88. The molecule has 0 aromatic heterocycles. The zero-order chi connectivity index (χ0) is 23.5. The van der Waals surface area contributed by atoms with Crippen LogP contribution in [0.15, 0.2) is 69.0 Å². The molecule has 0 atom stereocenters. The number of nitrogens with one attached hydrogen (secondary N) is 1. The average Bonchev–Trinajstić information content (AvgIpc) is 3.12. The van der Waals surface area contributed by atoms with Crippen LogP contribution < -0.4 is 10.1 Å². The molecule has 1 heterocycles. The fourth-order valence-corrected chi connectivity index (χ4v) is 4.70. The number of amides is 1. The first kappa shape index (κ1) is 24.2. The highest BCUT2D eigenvalue weighted by Crippen LogP contribution is 2.34. The van der Waals surface area contributed by atoms with Gasteiger partial charge in [-0.2, -0.15) is 0 Å². The third kappa shape index (κ3) is 5.94. The van der Waals surface area contributed by atoms with Crippen molar-refractivity contribution in [2.45, 2.75) is 13.5 Å². The van der Waals surface area contributed by atoms with Crippen LogP contribution in [0.1, 0.15) is 16.7 Å². The van der Waals surface area contributed by atoms with Gasteiger partial charge in [-0.1, -0.05) is 62.9 Å². The monoisotopic (exact) mass is 580 g/mol. The molecule has 0 unspecified atom stereocenters. The van der Waals surface area contributed by atoms with Crippen LogP contribution in [0.4, 0.5) is 5.69 Å². The highest BCUT2D eigenvalue weighted by molar-refractivity contribution is 9.10. The van der Waals surface area contributed by atoms with Crippen molar-refractivity contribution in [3.8, 4) is 5.75 Å². The standard InChI is InChI=1S/C24H16BrCl3N2O2S/c1-13-17(26)3-2-4-20(13)29-24-30-23(31)22(33-24)11-15-10-16(25)6-8-21(15)32-12-14-5-7-18(27)19(28)9-14/h2-11H,12H2,1H3,(H,29,30,31)/b22-11+. The third-order valence-corrected chi connectivity index (χ3v) is 7.30. The number of thioether (sulfide) groups is 1. The molecule has 1 amide bonds. The van der Waals surface area contributed by atoms with E-state index in [4.69, 9.17) is 39.5 Å². The van der Waals surface area contributed by atoms with Gasteiger partial charge in [-0.05, 0) is 78.4 Å². The Kier molecular flexibility index (Phi) is 7.72. The molecule has 0 radical (unpaired) electrons. The van der Waals surface area contributed by atoms with E-state index in [0.29, 0.717) is 43.2 Å². The Balaban J connectivity index is 1.57. The molecular formula is C24H16BrCl3N2O2S. The Labute approximate surface area is 219 Å². The number of nitrogens with zero attached hydrogens (tertiary/aromatic N) is 1. The molecular weight excluding hydrogens is 567 g/mol. The summed E-state index contributed by atoms with van der Waals surface area (Å²) in [5.74, 6) is 0.398. The van der Waals surface area contributed by atoms with E-state index >= 15 is 0 Å². The Morgan fingerprint density at radius 3 is 2.67 bits per heavy atom. The van der Waals surface area contributed by atoms with Crippen LogP contribution in [0, 0.1) is 6.92 Å². The third-order valence-electron chi connectivity index (χ3n) is 4.75. The van der Waals surface area contributed by atoms with Crippen LogP contribution in [-0.4, -0.2) is 11.1 Å². The predicted molar refractivity (Wildman–Crippen MR) is 142 cm³/mol. The normalized spacial score (nSPS) is 15.8. The van der Waals surface area contributed by atoms with Crippen molar-refractivity contribution in [1.82, 2.24) is 5.32 Å². The SMILES string of the molecule is Cc1c(Cl)cccc1N=C1NC(=O)/C(=C\c2cc(Br)ccc2OCc2ccc(Cl)c(Cl)c2)S1. The first-order chi connectivity index (χ1) is 15.8. The van der Waals surface area contributed by atoms with Crippen molar-refractivity contribution in [2.75, 3.05) is 0 Å². The summed E-state index contributed by atoms with van der Waals surface area (Å²) in [5, 5.41) is 4.88. The lowest BCUT2D eigenvalue weighted by molar-refractivity contribution is -0.115. The van der Waals surface area contributed by atoms with E-state index < -0.39 is 0 Å². The Hall–Kier alpha value is -1.96. The summed E-state index contributed by atoms with van der Waals surface area (Å²) in [7, 11) is 0. The number of ether oxygens (including phenoxy) is 1. The number of hydrogen-bond donors (Lipinski definition) is 1. The van der Waals surface area contributed by atoms with Gasteiger partial charge in [0.1, 0.15) is 12.4 Å². The molecule has 1 saturated heterocycles. The molecule has 1 N–H and O–H groups in total. The molecule has 3 aromatic carbocycles. The summed E-state index contributed by atoms with van der Waals surface area (Å²) in [6.45, 7) is 2.19. The van der Waals surface area contributed by atoms with Crippen LogP contribution in [0.5, 0.6) is 5.75 Å². The minimum Gasteiger partial charge on any atom is -0.488 e. The van der Waals surface area contributed by atoms with Gasteiger partial charge in [-0.25, -0.2) is 4.99 Å². The van der Waals surface area contributed by atoms with Gasteiger partial charge in [0.05, 0.1) is 20.6 Å². The van der Waals surface area contributed by atoms with Crippen molar-refractivity contribution < 1.29 is 9.53 Å². The molecule has 4 nitrogen and oxygen atoms in total. The number of rotatable bonds is 5. The molecule has 4 rings (SSSR count). The topological polar surface area (TPSA) is 50.7 Å². The Bertz CT molecular complexity index is 1310. The van der Waals surface area contributed by atoms with Gasteiger partial charge < -0.3 is 10.1 Å². The lowest BCUT2D eigenvalue weighted by atomic mass is 10.2. The van der Waals surface area contributed by atoms with Crippen LogP contribution >= 0.6 is 62.5 Å². The van der Waals surface area contributed by atoms with E-state index in [1.165, 1.54) is 11.8 Å². The fourth-order valence-electron chi connectivity index (χ4n) is 3.00. The minimum absolute atomic E-state index is 0.228. The number of hydrogen-bond acceptors (Lipinski definition) is 4. The summed E-state index contributed by atoms with van der Waals surface area (Å²) in [4.78, 5) is 17.6. The molecule has 1 aliphatic rings. The lowest BCUT2D eigenvalue weighted by Gasteiger charge is -2.11. The van der Waals surface area contributed by atoms with E-state index in [9.17, 15) is 4.79 Å². The van der Waals surface area contributed by atoms with E-state index in [1.54, 1.807) is 24.3 Å². The maximum absolute atomic E-state index is 12.6. The van der Waals surface area contributed by atoms with Crippen molar-refractivity contribution in [1.29, 1.82) is 0 Å². The molecule has 168 valence electrons. The molecule has 0 aliphatic carbocycles. The molecule has 3 aromatic rings. The average molecular weight is 583 g/mol. The van der Waals surface area contributed by atoms with Gasteiger partial charge >= 0.3 is 0 Å². The van der Waals surface area contributed by atoms with Crippen molar-refractivity contribution >= 4 is 85.3 Å². The van der Waals surface area contributed by atoms with Crippen molar-refractivity contribution in [3.63, 3.8) is 0 Å². The largest absolute Gasteiger partial charge is 0.488 e. The number of carbonyl (C=O) groups excluding carboxylic acids is 1. The lowest BCUT2D eigenvalue weighted by Crippen LogP contribution is -2.19. The number of carbonyl (C=O) groups is 1. The van der Waals surface area contributed by atoms with Gasteiger partial charge in [0, 0.05) is 15.1 Å². The van der Waals surface area contributed by atoms with Crippen LogP contribution in [0.2, 0.25) is 15.1 Å². The van der Waals surface area contributed by atoms with E-state index in [1.807, 2.05) is 43.3 Å². The van der Waals surface area contributed by atoms with Crippen LogP contribution in [0.3, 0.4) is 0 Å². The van der Waals surface area contributed by atoms with Gasteiger partial charge in [-0.15, -0.1) is 0 Å². The summed E-state index contributed by atoms with van der Waals surface area (Å²) in [6.07, 6.45) is 1.78. The zero-order valence-electron chi connectivity index (χ0n) is 17.2. The van der Waals surface area contributed by atoms with E-state index in [0.717, 1.165) is 21.2 Å². The fraction of sp³-hybridized carbons (Fsp3) is 0.0833. The van der Waals surface area contributed by atoms with Crippen molar-refractivity contribution in [3.05, 3.63) is 95.7 Å². The molecule has 1 fully saturated rings. The van der Waals surface area contributed by atoms with Crippen LogP contribution in [0.25, 0.3) is 6.08 Å². The summed E-state index contributed by atoms with van der Waals surface area (Å²) in [6, 6.07) is 16.4. The second-order valence-electron chi connectivity index (χ2n) is 7.08. The van der Waals surface area contributed by atoms with E-state index in [-0.39, 0.29) is 5.91 Å². The van der Waals surface area contributed by atoms with Gasteiger partial charge in [-0.3, -0.25) is 4.79 Å². The summed E-state index contributed by atoms with van der Waals surface area (Å²) >= 11 is 23.0. The van der Waals surface area contributed by atoms with Crippen LogP contribution in [-0.2, 0) is 11.4 Å². The second kappa shape index (κ2) is 10.5. The first-order valence-corrected chi connectivity index (χ1v) is 12.5. The maximum Gasteiger partial charge on any atom is 0.264 e. The maximum atomic E-state index is 12.6. The second-order valence-corrected chi connectivity index (χ2v) is 10.3. The summed E-state index contributed by atoms with van der Waals surface area (Å²) in [5.41, 5.74) is 3.19. The zero-order valence-corrected chi connectivity index (χ0v) is 21.8. The number of halogens is 4. The number of aliphatic imine (C=N–C) groups is 1. The Morgan fingerprint density at radius 2 is 1.88 bits per heavy atom. The molecule has 1 aliphatic heterocycles. The molecule has 33 heavy (non-hydrogen) atoms. The predicted octanol–water partition coefficient (Wildman–Crippen LogP) is 8.19. The molecule has 9 heteroatoms.